The van der Waals surface area contributed by atoms with Gasteiger partial charge in [0.1, 0.15) is 11.6 Å². The summed E-state index contributed by atoms with van der Waals surface area (Å²) in [5.41, 5.74) is 0.415. The van der Waals surface area contributed by atoms with Crippen molar-refractivity contribution in [3.63, 3.8) is 0 Å². The summed E-state index contributed by atoms with van der Waals surface area (Å²) >= 11 is 0. The number of nitrogens with zero attached hydrogens (tertiary/aromatic N) is 1. The van der Waals surface area contributed by atoms with Crippen LogP contribution >= 0.6 is 0 Å². The van der Waals surface area contributed by atoms with E-state index in [1.54, 1.807) is 6.20 Å². The van der Waals surface area contributed by atoms with Gasteiger partial charge in [0.2, 0.25) is 0 Å². The Hall–Kier alpha value is -2.89. The molecular weight excluding hydrogens is 440 g/mol. The molecule has 1 aromatic carbocycles. The van der Waals surface area contributed by atoms with E-state index >= 15 is 0 Å². The molecule has 1 N–H and O–H groups in total. The van der Waals surface area contributed by atoms with E-state index < -0.39 is 0 Å². The van der Waals surface area contributed by atoms with Crippen LogP contribution in [0.2, 0.25) is 0 Å². The minimum Gasteiger partial charge on any atom is -0.494 e. The average Bonchev–Trinajstić information content (AvgIpc) is 3.26. The van der Waals surface area contributed by atoms with Gasteiger partial charge in [0.25, 0.3) is 0 Å². The van der Waals surface area contributed by atoms with E-state index in [9.17, 15) is 9.59 Å². The molecule has 0 amide bonds. The number of ketones is 1. The predicted octanol–water partition coefficient (Wildman–Crippen LogP) is 6.61. The molecule has 2 fully saturated rings. The molecule has 2 aromatic rings. The number of rotatable bonds is 12. The van der Waals surface area contributed by atoms with Crippen LogP contribution in [0.15, 0.2) is 48.7 Å². The molecule has 0 atom stereocenters. The largest absolute Gasteiger partial charge is 0.494 e. The highest BCUT2D eigenvalue weighted by Crippen LogP contribution is 2.45. The standard InChI is InChI=1S/C25H32N2O4.C4H8/c1-2-30-24(29)19-25(13-4-5-14-25)18-22(28)20-9-11-21(12-10-20)31-17-7-16-27-23-8-3-6-15-26-23;1-2-4-3-1/h3,6,8-12,15H,2,4-5,7,13-14,16-19H2,1H3,(H,26,27);1-4H2. The Labute approximate surface area is 209 Å². The number of pyridine rings is 1. The van der Waals surface area contributed by atoms with Crippen LogP contribution in [0.3, 0.4) is 0 Å². The van der Waals surface area contributed by atoms with Gasteiger partial charge in [0.05, 0.1) is 19.6 Å². The van der Waals surface area contributed by atoms with Gasteiger partial charge >= 0.3 is 5.97 Å². The van der Waals surface area contributed by atoms with Crippen LogP contribution < -0.4 is 10.1 Å². The van der Waals surface area contributed by atoms with Crippen molar-refractivity contribution in [1.29, 1.82) is 0 Å². The molecule has 0 radical (unpaired) electrons. The molecule has 6 heteroatoms. The smallest absolute Gasteiger partial charge is 0.306 e. The zero-order chi connectivity index (χ0) is 24.8. The molecule has 0 spiro atoms. The van der Waals surface area contributed by atoms with Gasteiger partial charge in [-0.3, -0.25) is 9.59 Å². The first kappa shape index (κ1) is 26.7. The molecule has 4 rings (SSSR count). The van der Waals surface area contributed by atoms with Crippen molar-refractivity contribution in [3.8, 4) is 5.75 Å². The highest BCUT2D eigenvalue weighted by molar-refractivity contribution is 5.96. The van der Waals surface area contributed by atoms with E-state index in [1.165, 1.54) is 25.7 Å². The van der Waals surface area contributed by atoms with E-state index in [2.05, 4.69) is 10.3 Å². The lowest BCUT2D eigenvalue weighted by atomic mass is 9.77. The summed E-state index contributed by atoms with van der Waals surface area (Å²) in [7, 11) is 0. The fourth-order valence-electron chi connectivity index (χ4n) is 4.43. The fraction of sp³-hybridized carbons (Fsp3) is 0.552. The third-order valence-electron chi connectivity index (χ3n) is 6.76. The minimum absolute atomic E-state index is 0.0808. The summed E-state index contributed by atoms with van der Waals surface area (Å²) in [6.45, 7) is 3.54. The Morgan fingerprint density at radius 2 is 1.66 bits per heavy atom. The van der Waals surface area contributed by atoms with Gasteiger partial charge in [-0.25, -0.2) is 4.98 Å². The molecule has 0 saturated heterocycles. The van der Waals surface area contributed by atoms with Crippen LogP contribution in [0, 0.1) is 5.41 Å². The monoisotopic (exact) mass is 480 g/mol. The molecule has 0 aliphatic heterocycles. The summed E-state index contributed by atoms with van der Waals surface area (Å²) in [6.07, 6.45) is 13.3. The number of anilines is 1. The number of nitrogens with one attached hydrogen (secondary N) is 1. The van der Waals surface area contributed by atoms with Gasteiger partial charge < -0.3 is 14.8 Å². The van der Waals surface area contributed by atoms with E-state index in [0.29, 0.717) is 31.6 Å². The maximum Gasteiger partial charge on any atom is 0.306 e. The van der Waals surface area contributed by atoms with Crippen LogP contribution in [0.25, 0.3) is 0 Å². The Morgan fingerprint density at radius 3 is 2.26 bits per heavy atom. The molecule has 6 nitrogen and oxygen atoms in total. The van der Waals surface area contributed by atoms with Crippen molar-refractivity contribution < 1.29 is 19.1 Å². The predicted molar refractivity (Wildman–Crippen MR) is 139 cm³/mol. The van der Waals surface area contributed by atoms with Crippen molar-refractivity contribution in [2.24, 2.45) is 5.41 Å². The van der Waals surface area contributed by atoms with Gasteiger partial charge in [0, 0.05) is 24.7 Å². The second-order valence-corrected chi connectivity index (χ2v) is 9.57. The van der Waals surface area contributed by atoms with Crippen LogP contribution in [0.1, 0.15) is 87.9 Å². The molecule has 190 valence electrons. The number of carbonyl (C=O) groups is 2. The normalized spacial score (nSPS) is 15.8. The number of esters is 1. The number of hydrogen-bond donors (Lipinski definition) is 1. The minimum atomic E-state index is -0.251. The summed E-state index contributed by atoms with van der Waals surface area (Å²) in [6, 6.07) is 13.1. The lowest BCUT2D eigenvalue weighted by molar-refractivity contribution is -0.145. The van der Waals surface area contributed by atoms with Crippen molar-refractivity contribution in [2.45, 2.75) is 77.6 Å². The average molecular weight is 481 g/mol. The topological polar surface area (TPSA) is 77.5 Å². The van der Waals surface area contributed by atoms with Gasteiger partial charge in [-0.05, 0) is 68.0 Å². The highest BCUT2D eigenvalue weighted by atomic mass is 16.5. The van der Waals surface area contributed by atoms with E-state index in [0.717, 1.165) is 50.2 Å². The number of hydrogen-bond acceptors (Lipinski definition) is 6. The van der Waals surface area contributed by atoms with Crippen molar-refractivity contribution in [3.05, 3.63) is 54.2 Å². The number of ether oxygens (including phenoxy) is 2. The first-order chi connectivity index (χ1) is 17.1. The van der Waals surface area contributed by atoms with E-state index in [1.807, 2.05) is 49.4 Å². The lowest BCUT2D eigenvalue weighted by Gasteiger charge is -2.27. The summed E-state index contributed by atoms with van der Waals surface area (Å²) in [5.74, 6) is 1.49. The summed E-state index contributed by atoms with van der Waals surface area (Å²) < 4.78 is 10.9. The molecular formula is C29H40N2O4. The molecule has 1 aromatic heterocycles. The summed E-state index contributed by atoms with van der Waals surface area (Å²) in [5, 5.41) is 3.25. The van der Waals surface area contributed by atoms with Crippen LogP contribution in [0.5, 0.6) is 5.75 Å². The highest BCUT2D eigenvalue weighted by Gasteiger charge is 2.38. The SMILES string of the molecule is C1CCC1.CCOC(=O)CC1(CC(=O)c2ccc(OCCCNc3ccccn3)cc2)CCCC1. The lowest BCUT2D eigenvalue weighted by Crippen LogP contribution is -2.26. The first-order valence-corrected chi connectivity index (χ1v) is 13.2. The molecule has 2 aliphatic carbocycles. The van der Waals surface area contributed by atoms with Crippen molar-refractivity contribution in [2.75, 3.05) is 25.1 Å². The second-order valence-electron chi connectivity index (χ2n) is 9.57. The number of carbonyl (C=O) groups excluding carboxylic acids is 2. The van der Waals surface area contributed by atoms with Gasteiger partial charge in [0.15, 0.2) is 5.78 Å². The van der Waals surface area contributed by atoms with E-state index in [-0.39, 0.29) is 17.2 Å². The molecule has 0 bridgehead atoms. The van der Waals surface area contributed by atoms with Crippen molar-refractivity contribution >= 4 is 17.6 Å². The zero-order valence-corrected chi connectivity index (χ0v) is 21.1. The fourth-order valence-corrected chi connectivity index (χ4v) is 4.43. The first-order valence-electron chi connectivity index (χ1n) is 13.2. The van der Waals surface area contributed by atoms with Gasteiger partial charge in [-0.15, -0.1) is 0 Å². The van der Waals surface area contributed by atoms with Crippen LogP contribution in [0.4, 0.5) is 5.82 Å². The Kier molecular flexibility index (Phi) is 11.1. The molecule has 35 heavy (non-hydrogen) atoms. The van der Waals surface area contributed by atoms with Gasteiger partial charge in [-0.1, -0.05) is 44.6 Å². The third kappa shape index (κ3) is 9.35. The zero-order valence-electron chi connectivity index (χ0n) is 21.1. The summed E-state index contributed by atoms with van der Waals surface area (Å²) in [4.78, 5) is 29.1. The Morgan fingerprint density at radius 1 is 0.943 bits per heavy atom. The van der Waals surface area contributed by atoms with Crippen LogP contribution in [-0.2, 0) is 9.53 Å². The van der Waals surface area contributed by atoms with E-state index in [4.69, 9.17) is 9.47 Å². The molecule has 2 aliphatic rings. The number of aromatic nitrogens is 1. The molecule has 2 saturated carbocycles. The second kappa shape index (κ2) is 14.5. The maximum atomic E-state index is 12.9. The number of Topliss-reactive ketones (excluding diaryl/α,β-unsaturated/α-hetero) is 1. The Bertz CT molecular complexity index is 885. The van der Waals surface area contributed by atoms with Gasteiger partial charge in [-0.2, -0.15) is 0 Å². The number of benzene rings is 1. The van der Waals surface area contributed by atoms with Crippen LogP contribution in [-0.4, -0.2) is 36.5 Å². The molecule has 1 heterocycles. The Balaban J connectivity index is 0.000000775. The third-order valence-corrected chi connectivity index (χ3v) is 6.76. The molecule has 0 unspecified atom stereocenters. The maximum absolute atomic E-state index is 12.9. The van der Waals surface area contributed by atoms with Crippen molar-refractivity contribution in [1.82, 2.24) is 4.98 Å². The quantitative estimate of drug-likeness (QED) is 0.209.